The molecule has 0 fully saturated rings. The van der Waals surface area contributed by atoms with Gasteiger partial charge < -0.3 is 9.84 Å². The molecule has 1 aromatic heterocycles. The molecule has 0 aliphatic rings. The van der Waals surface area contributed by atoms with E-state index in [1.165, 1.54) is 0 Å². The Morgan fingerprint density at radius 1 is 1.29 bits per heavy atom. The number of rotatable bonds is 3. The van der Waals surface area contributed by atoms with Gasteiger partial charge >= 0.3 is 0 Å². The van der Waals surface area contributed by atoms with Crippen LogP contribution in [0.3, 0.4) is 0 Å². The Kier molecular flexibility index (Phi) is 4.11. The molecule has 0 bridgehead atoms. The first-order chi connectivity index (χ1) is 9.79. The molecule has 2 aromatic rings. The van der Waals surface area contributed by atoms with Crippen LogP contribution in [0.1, 0.15) is 45.2 Å². The van der Waals surface area contributed by atoms with Crippen molar-refractivity contribution in [2.45, 2.75) is 40.7 Å². The molecule has 1 amide bonds. The summed E-state index contributed by atoms with van der Waals surface area (Å²) in [6.07, 6.45) is 0. The molecule has 0 spiro atoms. The number of benzene rings is 1. The smallest absolute Gasteiger partial charge is 0.249 e. The minimum Gasteiger partial charge on any atom is -0.344 e. The Hall–Kier alpha value is -2.17. The number of hydrogen-bond donors (Lipinski definition) is 1. The molecule has 1 atom stereocenters. The van der Waals surface area contributed by atoms with Crippen LogP contribution in [0.2, 0.25) is 0 Å². The molecule has 0 unspecified atom stereocenters. The quantitative estimate of drug-likeness (QED) is 0.940. The second-order valence-corrected chi connectivity index (χ2v) is 6.22. The first-order valence-electron chi connectivity index (χ1n) is 6.99. The number of carbonyl (C=O) groups excluding carboxylic acids is 1. The third kappa shape index (κ3) is 3.48. The zero-order valence-electron chi connectivity index (χ0n) is 13.1. The lowest BCUT2D eigenvalue weighted by Crippen LogP contribution is -2.36. The highest BCUT2D eigenvalue weighted by molar-refractivity contribution is 5.81. The van der Waals surface area contributed by atoms with Crippen LogP contribution in [-0.4, -0.2) is 16.0 Å². The van der Waals surface area contributed by atoms with E-state index in [0.29, 0.717) is 11.7 Å². The van der Waals surface area contributed by atoms with Gasteiger partial charge in [0, 0.05) is 11.0 Å². The second-order valence-electron chi connectivity index (χ2n) is 6.22. The first kappa shape index (κ1) is 15.2. The predicted octanol–water partition coefficient (Wildman–Crippen LogP) is 3.27. The van der Waals surface area contributed by atoms with Crippen LogP contribution >= 0.6 is 0 Å². The standard InChI is InChI=1S/C16H21N3O2/c1-10-8-6-7-9-12(10)13-18-14(21-19-13)11(2)17-15(20)16(3,4)5/h6-9,11H,1-5H3,(H,17,20)/t11-/m0/s1. The summed E-state index contributed by atoms with van der Waals surface area (Å²) < 4.78 is 5.27. The molecule has 21 heavy (non-hydrogen) atoms. The average molecular weight is 287 g/mol. The van der Waals surface area contributed by atoms with E-state index < -0.39 is 5.41 Å². The topological polar surface area (TPSA) is 68.0 Å². The molecule has 1 aromatic carbocycles. The minimum atomic E-state index is -0.451. The average Bonchev–Trinajstić information content (AvgIpc) is 2.87. The van der Waals surface area contributed by atoms with Gasteiger partial charge in [0.2, 0.25) is 17.6 Å². The van der Waals surface area contributed by atoms with E-state index in [4.69, 9.17) is 4.52 Å². The predicted molar refractivity (Wildman–Crippen MR) is 80.5 cm³/mol. The molecule has 112 valence electrons. The molecule has 5 heteroatoms. The van der Waals surface area contributed by atoms with Crippen LogP contribution in [0.15, 0.2) is 28.8 Å². The highest BCUT2D eigenvalue weighted by atomic mass is 16.5. The highest BCUT2D eigenvalue weighted by Crippen LogP contribution is 2.22. The van der Waals surface area contributed by atoms with Gasteiger partial charge in [0.15, 0.2) is 0 Å². The summed E-state index contributed by atoms with van der Waals surface area (Å²) in [6, 6.07) is 7.52. The monoisotopic (exact) mass is 287 g/mol. The van der Waals surface area contributed by atoms with Crippen LogP contribution < -0.4 is 5.32 Å². The summed E-state index contributed by atoms with van der Waals surface area (Å²) in [4.78, 5) is 16.4. The van der Waals surface area contributed by atoms with Gasteiger partial charge in [-0.15, -0.1) is 0 Å². The maximum absolute atomic E-state index is 12.0. The van der Waals surface area contributed by atoms with Crippen molar-refractivity contribution in [1.29, 1.82) is 0 Å². The molecular formula is C16H21N3O2. The maximum atomic E-state index is 12.0. The van der Waals surface area contributed by atoms with Crippen molar-refractivity contribution < 1.29 is 9.32 Å². The summed E-state index contributed by atoms with van der Waals surface area (Å²) in [5.41, 5.74) is 1.56. The normalized spacial score (nSPS) is 13.0. The van der Waals surface area contributed by atoms with Gasteiger partial charge in [-0.2, -0.15) is 4.98 Å². The van der Waals surface area contributed by atoms with Crippen molar-refractivity contribution in [2.75, 3.05) is 0 Å². The first-order valence-corrected chi connectivity index (χ1v) is 6.99. The number of amides is 1. The summed E-state index contributed by atoms with van der Waals surface area (Å²) in [7, 11) is 0. The third-order valence-corrected chi connectivity index (χ3v) is 3.23. The van der Waals surface area contributed by atoms with Gasteiger partial charge in [0.1, 0.15) is 6.04 Å². The Morgan fingerprint density at radius 3 is 2.57 bits per heavy atom. The zero-order chi connectivity index (χ0) is 15.6. The molecule has 0 saturated heterocycles. The second kappa shape index (κ2) is 5.68. The Morgan fingerprint density at radius 2 is 1.95 bits per heavy atom. The minimum absolute atomic E-state index is 0.0503. The third-order valence-electron chi connectivity index (χ3n) is 3.23. The van der Waals surface area contributed by atoms with E-state index in [-0.39, 0.29) is 11.9 Å². The van der Waals surface area contributed by atoms with Gasteiger partial charge in [-0.3, -0.25) is 4.79 Å². The van der Waals surface area contributed by atoms with Crippen molar-refractivity contribution in [3.8, 4) is 11.4 Å². The Bertz CT molecular complexity index is 641. The summed E-state index contributed by atoms with van der Waals surface area (Å²) >= 11 is 0. The molecule has 2 rings (SSSR count). The lowest BCUT2D eigenvalue weighted by atomic mass is 9.95. The highest BCUT2D eigenvalue weighted by Gasteiger charge is 2.25. The van der Waals surface area contributed by atoms with Gasteiger partial charge in [0.05, 0.1) is 0 Å². The molecule has 0 saturated carbocycles. The van der Waals surface area contributed by atoms with E-state index in [9.17, 15) is 4.79 Å². The van der Waals surface area contributed by atoms with Crippen molar-refractivity contribution >= 4 is 5.91 Å². The number of aryl methyl sites for hydroxylation is 1. The van der Waals surface area contributed by atoms with Crippen LogP contribution in [0.4, 0.5) is 0 Å². The lowest BCUT2D eigenvalue weighted by molar-refractivity contribution is -0.129. The molecule has 0 aliphatic heterocycles. The molecule has 0 aliphatic carbocycles. The zero-order valence-corrected chi connectivity index (χ0v) is 13.1. The molecule has 1 N–H and O–H groups in total. The fraction of sp³-hybridized carbons (Fsp3) is 0.438. The summed E-state index contributed by atoms with van der Waals surface area (Å²) in [6.45, 7) is 9.42. The van der Waals surface area contributed by atoms with Crippen LogP contribution in [0.5, 0.6) is 0 Å². The van der Waals surface area contributed by atoms with Crippen molar-refractivity contribution in [3.05, 3.63) is 35.7 Å². The van der Waals surface area contributed by atoms with Gasteiger partial charge in [-0.05, 0) is 19.4 Å². The van der Waals surface area contributed by atoms with Crippen molar-refractivity contribution in [3.63, 3.8) is 0 Å². The summed E-state index contributed by atoms with van der Waals surface area (Å²) in [5, 5.41) is 6.88. The van der Waals surface area contributed by atoms with Crippen LogP contribution in [0.25, 0.3) is 11.4 Å². The number of aromatic nitrogens is 2. The van der Waals surface area contributed by atoms with Crippen molar-refractivity contribution in [1.82, 2.24) is 15.5 Å². The number of nitrogens with one attached hydrogen (secondary N) is 1. The largest absolute Gasteiger partial charge is 0.344 e. The maximum Gasteiger partial charge on any atom is 0.249 e. The van der Waals surface area contributed by atoms with E-state index in [1.807, 2.05) is 58.9 Å². The SMILES string of the molecule is Cc1ccccc1-c1noc([C@H](C)NC(=O)C(C)(C)C)n1. The Balaban J connectivity index is 2.17. The van der Waals surface area contributed by atoms with E-state index in [0.717, 1.165) is 11.1 Å². The molecule has 0 radical (unpaired) electrons. The van der Waals surface area contributed by atoms with Gasteiger partial charge in [-0.1, -0.05) is 50.2 Å². The van der Waals surface area contributed by atoms with Crippen LogP contribution in [0, 0.1) is 12.3 Å². The number of carbonyl (C=O) groups is 1. The van der Waals surface area contributed by atoms with Crippen LogP contribution in [-0.2, 0) is 4.79 Å². The van der Waals surface area contributed by atoms with Gasteiger partial charge in [0.25, 0.3) is 0 Å². The molecular weight excluding hydrogens is 266 g/mol. The number of nitrogens with zero attached hydrogens (tertiary/aromatic N) is 2. The lowest BCUT2D eigenvalue weighted by Gasteiger charge is -2.19. The van der Waals surface area contributed by atoms with Crippen molar-refractivity contribution in [2.24, 2.45) is 5.41 Å². The fourth-order valence-corrected chi connectivity index (χ4v) is 1.82. The molecule has 1 heterocycles. The number of hydrogen-bond acceptors (Lipinski definition) is 4. The van der Waals surface area contributed by atoms with E-state index in [1.54, 1.807) is 0 Å². The Labute approximate surface area is 124 Å². The van der Waals surface area contributed by atoms with Gasteiger partial charge in [-0.25, -0.2) is 0 Å². The summed E-state index contributed by atoms with van der Waals surface area (Å²) in [5.74, 6) is 0.899. The molecule has 5 nitrogen and oxygen atoms in total. The fourth-order valence-electron chi connectivity index (χ4n) is 1.82. The van der Waals surface area contributed by atoms with E-state index in [2.05, 4.69) is 15.5 Å². The van der Waals surface area contributed by atoms with E-state index >= 15 is 0 Å².